The van der Waals surface area contributed by atoms with Gasteiger partial charge >= 0.3 is 5.97 Å². The first-order chi connectivity index (χ1) is 9.89. The molecule has 1 N–H and O–H groups in total. The lowest BCUT2D eigenvalue weighted by Crippen LogP contribution is -2.17. The molecular formula is C13H16N2O4S2. The quantitative estimate of drug-likeness (QED) is 0.822. The molecule has 8 heteroatoms. The van der Waals surface area contributed by atoms with Gasteiger partial charge in [0.2, 0.25) is 10.0 Å². The third-order valence-corrected chi connectivity index (χ3v) is 5.20. The van der Waals surface area contributed by atoms with E-state index >= 15 is 0 Å². The number of carbonyl (C=O) groups excluding carboxylic acids is 1. The van der Waals surface area contributed by atoms with Gasteiger partial charge in [0, 0.05) is 6.42 Å². The van der Waals surface area contributed by atoms with Crippen molar-refractivity contribution >= 4 is 42.7 Å². The van der Waals surface area contributed by atoms with Crippen molar-refractivity contribution in [2.75, 3.05) is 17.6 Å². The zero-order valence-corrected chi connectivity index (χ0v) is 13.4. The maximum Gasteiger partial charge on any atom is 0.305 e. The number of fused-ring (bicyclic) bond motifs is 1. The van der Waals surface area contributed by atoms with Crippen LogP contribution < -0.4 is 4.72 Å². The summed E-state index contributed by atoms with van der Waals surface area (Å²) in [6, 6.07) is 5.75. The second-order valence-electron chi connectivity index (χ2n) is 4.59. The van der Waals surface area contributed by atoms with Crippen molar-refractivity contribution in [3.05, 3.63) is 23.8 Å². The van der Waals surface area contributed by atoms with Gasteiger partial charge in [0.25, 0.3) is 0 Å². The third-order valence-electron chi connectivity index (χ3n) is 2.81. The lowest BCUT2D eigenvalue weighted by Gasteiger charge is -2.04. The summed E-state index contributed by atoms with van der Waals surface area (Å²) >= 11 is 1.29. The van der Waals surface area contributed by atoms with Gasteiger partial charge in [0.1, 0.15) is 0 Å². The van der Waals surface area contributed by atoms with Crippen molar-refractivity contribution in [3.8, 4) is 0 Å². The highest BCUT2D eigenvalue weighted by molar-refractivity contribution is 7.92. The molecule has 0 atom stereocenters. The number of aryl methyl sites for hydroxylation is 1. The summed E-state index contributed by atoms with van der Waals surface area (Å²) in [7, 11) is -2.23. The summed E-state index contributed by atoms with van der Waals surface area (Å²) in [5.41, 5.74) is 1.86. The Morgan fingerprint density at radius 2 is 2.19 bits per heavy atom. The number of nitrogens with one attached hydrogen (secondary N) is 1. The molecule has 0 aliphatic heterocycles. The molecule has 0 unspecified atom stereocenters. The number of thiazole rings is 1. The second kappa shape index (κ2) is 6.40. The second-order valence-corrected chi connectivity index (χ2v) is 7.46. The Kier molecular flexibility index (Phi) is 4.79. The minimum absolute atomic E-state index is 0.0798. The van der Waals surface area contributed by atoms with Crippen LogP contribution in [0.5, 0.6) is 0 Å². The molecule has 0 aliphatic carbocycles. The zero-order chi connectivity index (χ0) is 15.5. The van der Waals surface area contributed by atoms with Crippen LogP contribution in [-0.4, -0.2) is 32.2 Å². The molecule has 21 heavy (non-hydrogen) atoms. The van der Waals surface area contributed by atoms with E-state index < -0.39 is 16.0 Å². The Hall–Kier alpha value is -1.67. The van der Waals surface area contributed by atoms with Crippen LogP contribution in [0.4, 0.5) is 5.13 Å². The van der Waals surface area contributed by atoms with E-state index in [1.807, 2.05) is 25.1 Å². The van der Waals surface area contributed by atoms with Gasteiger partial charge in [0.15, 0.2) is 5.13 Å². The molecule has 0 fully saturated rings. The number of carbonyl (C=O) groups is 1. The Morgan fingerprint density at radius 1 is 1.43 bits per heavy atom. The highest BCUT2D eigenvalue weighted by Crippen LogP contribution is 2.27. The van der Waals surface area contributed by atoms with Crippen LogP contribution in [0.25, 0.3) is 10.2 Å². The van der Waals surface area contributed by atoms with Crippen LogP contribution in [0.3, 0.4) is 0 Å². The molecule has 0 saturated heterocycles. The SMILES string of the molecule is COC(=O)CCCS(=O)(=O)Nc1nc2ccc(C)cc2s1. The van der Waals surface area contributed by atoms with Crippen LogP contribution >= 0.6 is 11.3 Å². The number of hydrogen-bond donors (Lipinski definition) is 1. The predicted molar refractivity (Wildman–Crippen MR) is 83.0 cm³/mol. The Labute approximate surface area is 127 Å². The van der Waals surface area contributed by atoms with Crippen molar-refractivity contribution in [2.24, 2.45) is 0 Å². The largest absolute Gasteiger partial charge is 0.469 e. The Morgan fingerprint density at radius 3 is 2.90 bits per heavy atom. The fraction of sp³-hybridized carbons (Fsp3) is 0.385. The zero-order valence-electron chi connectivity index (χ0n) is 11.8. The molecule has 0 radical (unpaired) electrons. The van der Waals surface area contributed by atoms with Crippen molar-refractivity contribution < 1.29 is 17.9 Å². The van der Waals surface area contributed by atoms with Gasteiger partial charge in [-0.05, 0) is 31.0 Å². The van der Waals surface area contributed by atoms with E-state index in [2.05, 4.69) is 14.4 Å². The summed E-state index contributed by atoms with van der Waals surface area (Å²) in [6.07, 6.45) is 0.294. The molecule has 6 nitrogen and oxygen atoms in total. The number of anilines is 1. The molecule has 0 spiro atoms. The van der Waals surface area contributed by atoms with E-state index in [4.69, 9.17) is 0 Å². The minimum Gasteiger partial charge on any atom is -0.469 e. The van der Waals surface area contributed by atoms with Gasteiger partial charge < -0.3 is 4.74 Å². The van der Waals surface area contributed by atoms with Gasteiger partial charge in [0.05, 0.1) is 23.1 Å². The van der Waals surface area contributed by atoms with Crippen LogP contribution in [0.15, 0.2) is 18.2 Å². The third kappa shape index (κ3) is 4.40. The average Bonchev–Trinajstić information content (AvgIpc) is 2.78. The Balaban J connectivity index is 2.02. The molecule has 2 aromatic rings. The lowest BCUT2D eigenvalue weighted by molar-refractivity contribution is -0.140. The van der Waals surface area contributed by atoms with Crippen molar-refractivity contribution in [1.82, 2.24) is 4.98 Å². The highest BCUT2D eigenvalue weighted by atomic mass is 32.2. The lowest BCUT2D eigenvalue weighted by atomic mass is 10.2. The van der Waals surface area contributed by atoms with E-state index in [0.717, 1.165) is 15.8 Å². The first-order valence-corrected chi connectivity index (χ1v) is 8.81. The maximum absolute atomic E-state index is 11.9. The summed E-state index contributed by atoms with van der Waals surface area (Å²) in [5, 5.41) is 0.341. The molecule has 0 bridgehead atoms. The van der Waals surface area contributed by atoms with E-state index in [9.17, 15) is 13.2 Å². The van der Waals surface area contributed by atoms with Crippen molar-refractivity contribution in [3.63, 3.8) is 0 Å². The number of aromatic nitrogens is 1. The number of hydrogen-bond acceptors (Lipinski definition) is 6. The highest BCUT2D eigenvalue weighted by Gasteiger charge is 2.14. The fourth-order valence-corrected chi connectivity index (χ4v) is 4.07. The van der Waals surface area contributed by atoms with E-state index in [-0.39, 0.29) is 18.6 Å². The van der Waals surface area contributed by atoms with E-state index in [1.165, 1.54) is 18.4 Å². The van der Waals surface area contributed by atoms with E-state index in [1.54, 1.807) is 0 Å². The molecule has 2 rings (SSSR count). The first-order valence-electron chi connectivity index (χ1n) is 6.34. The standard InChI is InChI=1S/C13H16N2O4S2/c1-9-5-6-10-11(8-9)20-13(14-10)15-21(17,18)7-3-4-12(16)19-2/h5-6,8H,3-4,7H2,1-2H3,(H,14,15). The molecule has 1 aromatic carbocycles. The van der Waals surface area contributed by atoms with Crippen LogP contribution in [0.1, 0.15) is 18.4 Å². The normalized spacial score (nSPS) is 11.5. The summed E-state index contributed by atoms with van der Waals surface area (Å²) in [6.45, 7) is 1.97. The number of nitrogens with zero attached hydrogens (tertiary/aromatic N) is 1. The molecule has 0 amide bonds. The average molecular weight is 328 g/mol. The number of rotatable bonds is 6. The van der Waals surface area contributed by atoms with Gasteiger partial charge in [-0.15, -0.1) is 0 Å². The Bertz CT molecular complexity index is 753. The number of benzene rings is 1. The molecule has 0 saturated carbocycles. The molecule has 1 aromatic heterocycles. The van der Waals surface area contributed by atoms with Gasteiger partial charge in [-0.1, -0.05) is 17.4 Å². The summed E-state index contributed by atoms with van der Waals surface area (Å²) in [4.78, 5) is 15.2. The number of sulfonamides is 1. The van der Waals surface area contributed by atoms with Crippen molar-refractivity contribution in [2.45, 2.75) is 19.8 Å². The summed E-state index contributed by atoms with van der Waals surface area (Å²) < 4.78 is 31.7. The topological polar surface area (TPSA) is 85.4 Å². The van der Waals surface area contributed by atoms with Gasteiger partial charge in [-0.25, -0.2) is 13.4 Å². The maximum atomic E-state index is 11.9. The smallest absolute Gasteiger partial charge is 0.305 e. The molecule has 0 aliphatic rings. The number of esters is 1. The first kappa shape index (κ1) is 15.7. The van der Waals surface area contributed by atoms with Crippen LogP contribution in [0.2, 0.25) is 0 Å². The molecule has 114 valence electrons. The monoisotopic (exact) mass is 328 g/mol. The van der Waals surface area contributed by atoms with Gasteiger partial charge in [-0.3, -0.25) is 9.52 Å². The minimum atomic E-state index is -3.51. The predicted octanol–water partition coefficient (Wildman–Crippen LogP) is 2.30. The number of methoxy groups -OCH3 is 1. The molecular weight excluding hydrogens is 312 g/mol. The molecule has 1 heterocycles. The number of ether oxygens (including phenoxy) is 1. The van der Waals surface area contributed by atoms with Crippen LogP contribution in [0, 0.1) is 6.92 Å². The van der Waals surface area contributed by atoms with E-state index in [0.29, 0.717) is 5.13 Å². The van der Waals surface area contributed by atoms with Gasteiger partial charge in [-0.2, -0.15) is 0 Å². The fourth-order valence-electron chi connectivity index (χ4n) is 1.77. The van der Waals surface area contributed by atoms with Crippen LogP contribution in [-0.2, 0) is 19.6 Å². The summed E-state index contributed by atoms with van der Waals surface area (Å²) in [5.74, 6) is -0.558. The van der Waals surface area contributed by atoms with Crippen molar-refractivity contribution in [1.29, 1.82) is 0 Å².